The molecule has 0 aromatic carbocycles. The molecular weight excluding hydrogens is 331 g/mol. The fourth-order valence-electron chi connectivity index (χ4n) is 1.83. The highest BCUT2D eigenvalue weighted by Gasteiger charge is 2.39. The topological polar surface area (TPSA) is 59.3 Å². The Morgan fingerprint density at radius 2 is 2.35 bits per heavy atom. The molecule has 1 saturated carbocycles. The number of nitrogens with zero attached hydrogens (tertiary/aromatic N) is 3. The standard InChI is InChI=1S/C11H11IN4O/c1-6-4-7(6)11(17)14-9-5-16-10(13-9)3-2-8(12)15-16/h2-3,5-7H,4H2,1H3,(H,14,17). The van der Waals surface area contributed by atoms with Crippen LogP contribution in [0.15, 0.2) is 18.3 Å². The summed E-state index contributed by atoms with van der Waals surface area (Å²) in [6.07, 6.45) is 2.72. The first-order valence-electron chi connectivity index (χ1n) is 5.46. The zero-order chi connectivity index (χ0) is 12.0. The van der Waals surface area contributed by atoms with Crippen molar-refractivity contribution < 1.29 is 4.79 Å². The Hall–Kier alpha value is -1.18. The maximum Gasteiger partial charge on any atom is 0.228 e. The van der Waals surface area contributed by atoms with Crippen LogP contribution in [0.5, 0.6) is 0 Å². The maximum atomic E-state index is 11.7. The molecular formula is C11H11IN4O. The van der Waals surface area contributed by atoms with E-state index in [9.17, 15) is 4.79 Å². The third kappa shape index (κ3) is 2.13. The first kappa shape index (κ1) is 10.9. The summed E-state index contributed by atoms with van der Waals surface area (Å²) >= 11 is 2.14. The van der Waals surface area contributed by atoms with Gasteiger partial charge in [-0.2, -0.15) is 5.10 Å². The second-order valence-electron chi connectivity index (χ2n) is 4.39. The van der Waals surface area contributed by atoms with Crippen molar-refractivity contribution in [2.24, 2.45) is 11.8 Å². The van der Waals surface area contributed by atoms with Crippen LogP contribution in [-0.2, 0) is 4.79 Å². The average molecular weight is 342 g/mol. The first-order valence-corrected chi connectivity index (χ1v) is 6.54. The van der Waals surface area contributed by atoms with Gasteiger partial charge in [0, 0.05) is 5.92 Å². The molecule has 2 unspecified atom stereocenters. The smallest absolute Gasteiger partial charge is 0.228 e. The second kappa shape index (κ2) is 3.94. The fourth-order valence-corrected chi connectivity index (χ4v) is 2.24. The number of hydrogen-bond donors (Lipinski definition) is 1. The van der Waals surface area contributed by atoms with E-state index < -0.39 is 0 Å². The zero-order valence-electron chi connectivity index (χ0n) is 9.22. The molecule has 1 amide bonds. The number of amides is 1. The molecule has 1 fully saturated rings. The van der Waals surface area contributed by atoms with Crippen LogP contribution in [0.4, 0.5) is 5.82 Å². The molecule has 2 atom stereocenters. The maximum absolute atomic E-state index is 11.7. The van der Waals surface area contributed by atoms with Crippen LogP contribution in [0.1, 0.15) is 13.3 Å². The minimum absolute atomic E-state index is 0.0654. The van der Waals surface area contributed by atoms with Crippen LogP contribution in [0, 0.1) is 15.5 Å². The van der Waals surface area contributed by atoms with Crippen molar-refractivity contribution in [1.82, 2.24) is 14.6 Å². The van der Waals surface area contributed by atoms with Crippen LogP contribution in [0.25, 0.3) is 5.65 Å². The quantitative estimate of drug-likeness (QED) is 0.849. The van der Waals surface area contributed by atoms with Crippen molar-refractivity contribution >= 4 is 40.0 Å². The minimum atomic E-state index is 0.0654. The molecule has 2 heterocycles. The summed E-state index contributed by atoms with van der Waals surface area (Å²) < 4.78 is 2.56. The number of carbonyl (C=O) groups is 1. The number of aromatic nitrogens is 3. The summed E-state index contributed by atoms with van der Waals surface area (Å²) in [7, 11) is 0. The molecule has 1 N–H and O–H groups in total. The number of nitrogens with one attached hydrogen (secondary N) is 1. The van der Waals surface area contributed by atoms with E-state index in [4.69, 9.17) is 0 Å². The second-order valence-corrected chi connectivity index (χ2v) is 5.50. The number of rotatable bonds is 2. The van der Waals surface area contributed by atoms with E-state index in [0.717, 1.165) is 15.8 Å². The van der Waals surface area contributed by atoms with Crippen LogP contribution in [-0.4, -0.2) is 20.5 Å². The number of carbonyl (C=O) groups excluding carboxylic acids is 1. The minimum Gasteiger partial charge on any atom is -0.309 e. The Bertz CT molecular complexity index is 594. The Balaban J connectivity index is 1.83. The van der Waals surface area contributed by atoms with Crippen molar-refractivity contribution in [1.29, 1.82) is 0 Å². The van der Waals surface area contributed by atoms with Gasteiger partial charge in [0.15, 0.2) is 11.5 Å². The number of hydrogen-bond acceptors (Lipinski definition) is 3. The summed E-state index contributed by atoms with van der Waals surface area (Å²) in [6, 6.07) is 3.77. The fraction of sp³-hybridized carbons (Fsp3) is 0.364. The van der Waals surface area contributed by atoms with Gasteiger partial charge in [-0.25, -0.2) is 9.50 Å². The summed E-state index contributed by atoms with van der Waals surface area (Å²) in [5, 5.41) is 7.10. The highest BCUT2D eigenvalue weighted by Crippen LogP contribution is 2.38. The Morgan fingerprint density at radius 3 is 3.06 bits per heavy atom. The average Bonchev–Trinajstić information content (AvgIpc) is 2.87. The molecule has 5 nitrogen and oxygen atoms in total. The molecule has 2 aromatic heterocycles. The molecule has 6 heteroatoms. The predicted molar refractivity (Wildman–Crippen MR) is 71.6 cm³/mol. The van der Waals surface area contributed by atoms with E-state index in [1.807, 2.05) is 12.1 Å². The summed E-state index contributed by atoms with van der Waals surface area (Å²) in [5.74, 6) is 1.30. The van der Waals surface area contributed by atoms with Gasteiger partial charge in [0.1, 0.15) is 3.70 Å². The lowest BCUT2D eigenvalue weighted by Gasteiger charge is -1.98. The number of fused-ring (bicyclic) bond motifs is 1. The van der Waals surface area contributed by atoms with Gasteiger partial charge >= 0.3 is 0 Å². The van der Waals surface area contributed by atoms with E-state index in [2.05, 4.69) is 44.9 Å². The Morgan fingerprint density at radius 1 is 1.59 bits per heavy atom. The Kier molecular flexibility index (Phi) is 2.53. The number of halogens is 1. The number of imidazole rings is 1. The van der Waals surface area contributed by atoms with Gasteiger partial charge in [-0.15, -0.1) is 0 Å². The van der Waals surface area contributed by atoms with Crippen molar-refractivity contribution in [3.05, 3.63) is 22.0 Å². The molecule has 88 valence electrons. The molecule has 3 rings (SSSR count). The van der Waals surface area contributed by atoms with E-state index in [1.165, 1.54) is 0 Å². The molecule has 17 heavy (non-hydrogen) atoms. The third-order valence-electron chi connectivity index (χ3n) is 2.99. The molecule has 2 aromatic rings. The van der Waals surface area contributed by atoms with Crippen molar-refractivity contribution in [2.75, 3.05) is 5.32 Å². The molecule has 0 aliphatic heterocycles. The lowest BCUT2D eigenvalue weighted by molar-refractivity contribution is -0.117. The van der Waals surface area contributed by atoms with Gasteiger partial charge in [-0.05, 0) is 47.1 Å². The molecule has 1 aliphatic rings. The van der Waals surface area contributed by atoms with Gasteiger partial charge in [0.05, 0.1) is 6.20 Å². The van der Waals surface area contributed by atoms with Crippen LogP contribution >= 0.6 is 22.6 Å². The SMILES string of the molecule is CC1CC1C(=O)Nc1cn2nc(I)ccc2n1. The van der Waals surface area contributed by atoms with Gasteiger partial charge in [-0.1, -0.05) is 6.92 Å². The lowest BCUT2D eigenvalue weighted by Crippen LogP contribution is -2.14. The summed E-state index contributed by atoms with van der Waals surface area (Å²) in [4.78, 5) is 16.0. The van der Waals surface area contributed by atoms with Gasteiger partial charge in [0.2, 0.25) is 5.91 Å². The van der Waals surface area contributed by atoms with E-state index in [-0.39, 0.29) is 11.8 Å². The molecule has 0 radical (unpaired) electrons. The van der Waals surface area contributed by atoms with Crippen molar-refractivity contribution in [3.63, 3.8) is 0 Å². The molecule has 0 spiro atoms. The largest absolute Gasteiger partial charge is 0.309 e. The third-order valence-corrected chi connectivity index (χ3v) is 3.56. The Labute approximate surface area is 112 Å². The van der Waals surface area contributed by atoms with Crippen molar-refractivity contribution in [2.45, 2.75) is 13.3 Å². The van der Waals surface area contributed by atoms with Crippen LogP contribution < -0.4 is 5.32 Å². The number of anilines is 1. The predicted octanol–water partition coefficient (Wildman–Crippen LogP) is 1.93. The summed E-state index contributed by atoms with van der Waals surface area (Å²) in [6.45, 7) is 2.08. The van der Waals surface area contributed by atoms with Gasteiger partial charge < -0.3 is 5.32 Å². The highest BCUT2D eigenvalue weighted by atomic mass is 127. The molecule has 0 saturated heterocycles. The van der Waals surface area contributed by atoms with Gasteiger partial charge in [0.25, 0.3) is 0 Å². The monoisotopic (exact) mass is 342 g/mol. The van der Waals surface area contributed by atoms with E-state index in [0.29, 0.717) is 11.7 Å². The highest BCUT2D eigenvalue weighted by molar-refractivity contribution is 14.1. The van der Waals surface area contributed by atoms with Gasteiger partial charge in [-0.3, -0.25) is 4.79 Å². The lowest BCUT2D eigenvalue weighted by atomic mass is 10.3. The first-order chi connectivity index (χ1) is 8.13. The van der Waals surface area contributed by atoms with Crippen LogP contribution in [0.3, 0.4) is 0 Å². The zero-order valence-corrected chi connectivity index (χ0v) is 11.4. The van der Waals surface area contributed by atoms with E-state index >= 15 is 0 Å². The molecule has 0 bridgehead atoms. The van der Waals surface area contributed by atoms with Crippen LogP contribution in [0.2, 0.25) is 0 Å². The molecule has 1 aliphatic carbocycles. The van der Waals surface area contributed by atoms with Crippen molar-refractivity contribution in [3.8, 4) is 0 Å². The van der Waals surface area contributed by atoms with E-state index in [1.54, 1.807) is 10.7 Å². The normalized spacial score (nSPS) is 22.7. The summed E-state index contributed by atoms with van der Waals surface area (Å²) in [5.41, 5.74) is 0.740.